The van der Waals surface area contributed by atoms with E-state index in [4.69, 9.17) is 9.97 Å². The molecule has 0 saturated heterocycles. The topological polar surface area (TPSA) is 44.8 Å². The number of anilines is 3. The predicted molar refractivity (Wildman–Crippen MR) is 247 cm³/mol. The van der Waals surface area contributed by atoms with Crippen molar-refractivity contribution in [2.24, 2.45) is 0 Å². The van der Waals surface area contributed by atoms with Gasteiger partial charge in [0.15, 0.2) is 0 Å². The number of aryl methyl sites for hydroxylation is 2. The molecule has 0 spiro atoms. The third kappa shape index (κ3) is 6.94. The van der Waals surface area contributed by atoms with Crippen LogP contribution in [0.3, 0.4) is 0 Å². The molecule has 6 aromatic carbocycles. The van der Waals surface area contributed by atoms with Crippen molar-refractivity contribution in [2.75, 3.05) is 4.90 Å². The molecule has 1 N–H and O–H groups in total. The van der Waals surface area contributed by atoms with Crippen LogP contribution in [-0.4, -0.2) is 15.0 Å². The Kier molecular flexibility index (Phi) is 9.04. The molecule has 286 valence electrons. The number of pyridine rings is 2. The molecule has 4 heteroatoms. The molecule has 3 heterocycles. The highest BCUT2D eigenvalue weighted by Crippen LogP contribution is 2.42. The third-order valence-electron chi connectivity index (χ3n) is 11.4. The molecule has 0 aliphatic heterocycles. The highest BCUT2D eigenvalue weighted by molar-refractivity contribution is 6.12. The van der Waals surface area contributed by atoms with Gasteiger partial charge in [0, 0.05) is 44.7 Å². The van der Waals surface area contributed by atoms with Crippen molar-refractivity contribution in [3.8, 4) is 33.6 Å². The quantitative estimate of drug-likeness (QED) is 0.184. The second-order valence-electron chi connectivity index (χ2n) is 17.9. The number of nitrogens with zero attached hydrogens (tertiary/aromatic N) is 3. The molecular formula is C54H50N4. The highest BCUT2D eigenvalue weighted by Gasteiger charge is 2.23. The molecule has 0 amide bonds. The number of benzene rings is 6. The molecular weight excluding hydrogens is 705 g/mol. The van der Waals surface area contributed by atoms with Crippen molar-refractivity contribution in [3.63, 3.8) is 0 Å². The SMILES string of the molecule is Cc1ccc2[nH]c3c(-c4cc(-c5cc(C(C)(C)C)cc(C(C)(C)C)c5)cc(-c5cccc(N(c6ccccn6)c6cccc7ccccc67)c5)n4)cc(C)cc3c2c1. The van der Waals surface area contributed by atoms with Gasteiger partial charge in [-0.05, 0) is 125 Å². The molecule has 0 bridgehead atoms. The van der Waals surface area contributed by atoms with Gasteiger partial charge in [-0.1, -0.05) is 126 Å². The number of H-pyrrole nitrogens is 1. The first kappa shape index (κ1) is 37.1. The summed E-state index contributed by atoms with van der Waals surface area (Å²) in [6.07, 6.45) is 1.86. The molecule has 58 heavy (non-hydrogen) atoms. The molecule has 3 aromatic heterocycles. The van der Waals surface area contributed by atoms with Crippen molar-refractivity contribution < 1.29 is 0 Å². The highest BCUT2D eigenvalue weighted by atomic mass is 15.2. The Labute approximate surface area is 342 Å². The van der Waals surface area contributed by atoms with Crippen molar-refractivity contribution in [1.29, 1.82) is 0 Å². The summed E-state index contributed by atoms with van der Waals surface area (Å²) in [6, 6.07) is 52.8. The van der Waals surface area contributed by atoms with E-state index in [1.807, 2.05) is 18.3 Å². The molecule has 9 rings (SSSR count). The summed E-state index contributed by atoms with van der Waals surface area (Å²) in [4.78, 5) is 16.5. The standard InChI is InChI=1S/C54H50N4/c1-34-22-23-47-44(25-34)45-26-35(2)27-46(52(45)57-47)49-32-39(38-28-40(53(3,4)5)33-41(29-38)54(6,7)8)31-48(56-49)37-17-13-18-42(30-37)58(51-21-11-12-24-55-51)50-20-14-16-36-15-9-10-19-43(36)50/h9-33,57H,1-8H3. The zero-order valence-corrected chi connectivity index (χ0v) is 34.8. The van der Waals surface area contributed by atoms with Gasteiger partial charge < -0.3 is 4.98 Å². The van der Waals surface area contributed by atoms with Crippen LogP contribution in [0.2, 0.25) is 0 Å². The first-order chi connectivity index (χ1) is 27.8. The van der Waals surface area contributed by atoms with Gasteiger partial charge in [0.1, 0.15) is 5.82 Å². The Morgan fingerprint density at radius 2 is 1.21 bits per heavy atom. The number of hydrogen-bond donors (Lipinski definition) is 1. The molecule has 0 atom stereocenters. The van der Waals surface area contributed by atoms with Gasteiger partial charge in [0.2, 0.25) is 0 Å². The monoisotopic (exact) mass is 754 g/mol. The van der Waals surface area contributed by atoms with Crippen LogP contribution in [0.1, 0.15) is 63.8 Å². The zero-order chi connectivity index (χ0) is 40.3. The van der Waals surface area contributed by atoms with Crippen molar-refractivity contribution in [1.82, 2.24) is 15.0 Å². The van der Waals surface area contributed by atoms with Crippen LogP contribution in [0.4, 0.5) is 17.2 Å². The summed E-state index contributed by atoms with van der Waals surface area (Å²) in [6.45, 7) is 18.2. The Bertz CT molecular complexity index is 2960. The third-order valence-corrected chi connectivity index (χ3v) is 11.4. The van der Waals surface area contributed by atoms with Gasteiger partial charge in [-0.2, -0.15) is 0 Å². The zero-order valence-electron chi connectivity index (χ0n) is 34.8. The predicted octanol–water partition coefficient (Wildman–Crippen LogP) is 14.9. The van der Waals surface area contributed by atoms with E-state index in [0.717, 1.165) is 61.7 Å². The van der Waals surface area contributed by atoms with Crippen molar-refractivity contribution in [2.45, 2.75) is 66.2 Å². The fraction of sp³-hybridized carbons (Fsp3) is 0.185. The molecule has 9 aromatic rings. The van der Waals surface area contributed by atoms with Gasteiger partial charge in [-0.15, -0.1) is 0 Å². The summed E-state index contributed by atoms with van der Waals surface area (Å²) >= 11 is 0. The van der Waals surface area contributed by atoms with E-state index < -0.39 is 0 Å². The fourth-order valence-electron chi connectivity index (χ4n) is 8.19. The van der Waals surface area contributed by atoms with Crippen LogP contribution in [-0.2, 0) is 10.8 Å². The maximum atomic E-state index is 5.56. The molecule has 0 saturated carbocycles. The van der Waals surface area contributed by atoms with E-state index in [9.17, 15) is 0 Å². The number of aromatic nitrogens is 3. The van der Waals surface area contributed by atoms with E-state index in [1.54, 1.807) is 0 Å². The minimum absolute atomic E-state index is 0.0230. The van der Waals surface area contributed by atoms with E-state index >= 15 is 0 Å². The van der Waals surface area contributed by atoms with Gasteiger partial charge >= 0.3 is 0 Å². The minimum atomic E-state index is -0.0230. The summed E-state index contributed by atoms with van der Waals surface area (Å²) in [5.74, 6) is 0.850. The van der Waals surface area contributed by atoms with Gasteiger partial charge in [0.25, 0.3) is 0 Å². The largest absolute Gasteiger partial charge is 0.354 e. The van der Waals surface area contributed by atoms with E-state index in [1.165, 1.54) is 44.0 Å². The second kappa shape index (κ2) is 14.1. The van der Waals surface area contributed by atoms with Crippen LogP contribution in [0.25, 0.3) is 66.2 Å². The van der Waals surface area contributed by atoms with E-state index in [2.05, 4.69) is 199 Å². The van der Waals surface area contributed by atoms with Crippen LogP contribution in [0.5, 0.6) is 0 Å². The number of nitrogens with one attached hydrogen (secondary N) is 1. The lowest BCUT2D eigenvalue weighted by Crippen LogP contribution is -2.16. The normalized spacial score (nSPS) is 12.1. The van der Waals surface area contributed by atoms with Crippen molar-refractivity contribution in [3.05, 3.63) is 174 Å². The average molecular weight is 755 g/mol. The number of aromatic amines is 1. The number of hydrogen-bond acceptors (Lipinski definition) is 3. The molecule has 0 fully saturated rings. The van der Waals surface area contributed by atoms with Crippen LogP contribution in [0, 0.1) is 13.8 Å². The first-order valence-electron chi connectivity index (χ1n) is 20.3. The van der Waals surface area contributed by atoms with E-state index in [0.29, 0.717) is 0 Å². The van der Waals surface area contributed by atoms with Crippen LogP contribution < -0.4 is 4.90 Å². The second-order valence-corrected chi connectivity index (χ2v) is 17.9. The van der Waals surface area contributed by atoms with Crippen LogP contribution >= 0.6 is 0 Å². The Hall–Kier alpha value is -6.52. The molecule has 4 nitrogen and oxygen atoms in total. The summed E-state index contributed by atoms with van der Waals surface area (Å²) in [5, 5.41) is 4.80. The maximum Gasteiger partial charge on any atom is 0.137 e. The van der Waals surface area contributed by atoms with Crippen molar-refractivity contribution >= 4 is 49.8 Å². The van der Waals surface area contributed by atoms with E-state index in [-0.39, 0.29) is 10.8 Å². The lowest BCUT2D eigenvalue weighted by molar-refractivity contribution is 0.569. The molecule has 0 unspecified atom stereocenters. The smallest absolute Gasteiger partial charge is 0.137 e. The van der Waals surface area contributed by atoms with Gasteiger partial charge in [0.05, 0.1) is 22.6 Å². The summed E-state index contributed by atoms with van der Waals surface area (Å²) in [7, 11) is 0. The molecule has 0 aliphatic rings. The Morgan fingerprint density at radius 1 is 0.517 bits per heavy atom. The molecule has 0 radical (unpaired) electrons. The number of rotatable bonds is 6. The van der Waals surface area contributed by atoms with Gasteiger partial charge in [-0.25, -0.2) is 9.97 Å². The summed E-state index contributed by atoms with van der Waals surface area (Å²) < 4.78 is 0. The van der Waals surface area contributed by atoms with Gasteiger partial charge in [-0.3, -0.25) is 4.90 Å². The Morgan fingerprint density at radius 3 is 1.97 bits per heavy atom. The fourth-order valence-corrected chi connectivity index (χ4v) is 8.19. The molecule has 0 aliphatic carbocycles. The Balaban J connectivity index is 1.30. The maximum absolute atomic E-state index is 5.56. The minimum Gasteiger partial charge on any atom is -0.354 e. The lowest BCUT2D eigenvalue weighted by atomic mass is 9.79. The summed E-state index contributed by atoms with van der Waals surface area (Å²) in [5.41, 5.74) is 15.7. The first-order valence-corrected chi connectivity index (χ1v) is 20.3. The lowest BCUT2D eigenvalue weighted by Gasteiger charge is -2.27. The average Bonchev–Trinajstić information content (AvgIpc) is 3.57. The van der Waals surface area contributed by atoms with Crippen LogP contribution in [0.15, 0.2) is 152 Å². The number of fused-ring (bicyclic) bond motifs is 4.